The van der Waals surface area contributed by atoms with Crippen LogP contribution in [0.2, 0.25) is 0 Å². The highest BCUT2D eigenvalue weighted by Crippen LogP contribution is 2.22. The number of nitrogens with one attached hydrogen (secondary N) is 2. The number of nitrogens with zero attached hydrogens (tertiary/aromatic N) is 1. The van der Waals surface area contributed by atoms with Gasteiger partial charge in [-0.3, -0.25) is 9.89 Å². The quantitative estimate of drug-likeness (QED) is 0.802. The Hall–Kier alpha value is -2.18. The van der Waals surface area contributed by atoms with Gasteiger partial charge < -0.3 is 15.8 Å². The topological polar surface area (TPSA) is 93.0 Å². The lowest BCUT2D eigenvalue weighted by molar-refractivity contribution is -0.119. The smallest absolute Gasteiger partial charge is 0.241 e. The normalized spacial score (nSPS) is 17.1. The molecule has 0 saturated carbocycles. The zero-order valence-corrected chi connectivity index (χ0v) is 12.3. The molecule has 1 amide bonds. The molecule has 1 unspecified atom stereocenters. The summed E-state index contributed by atoms with van der Waals surface area (Å²) in [5.74, 6) is 0.0400. The summed E-state index contributed by atoms with van der Waals surface area (Å²) in [5.41, 5.74) is 8.70. The Morgan fingerprint density at radius 2 is 2.18 bits per heavy atom. The number of benzene rings is 1. The van der Waals surface area contributed by atoms with Crippen LogP contribution < -0.4 is 11.1 Å². The maximum atomic E-state index is 12.3. The zero-order valence-electron chi connectivity index (χ0n) is 12.3. The van der Waals surface area contributed by atoms with Crippen LogP contribution >= 0.6 is 0 Å². The summed E-state index contributed by atoms with van der Waals surface area (Å²) < 4.78 is 5.31. The maximum Gasteiger partial charge on any atom is 0.241 e. The van der Waals surface area contributed by atoms with Crippen molar-refractivity contribution in [2.24, 2.45) is 11.7 Å². The third kappa shape index (κ3) is 3.35. The molecule has 3 rings (SSSR count). The number of hydrogen-bond donors (Lipinski definition) is 3. The van der Waals surface area contributed by atoms with Gasteiger partial charge >= 0.3 is 0 Å². The molecule has 0 spiro atoms. The number of nitrogens with two attached hydrogens (primary N) is 1. The Morgan fingerprint density at radius 3 is 2.91 bits per heavy atom. The van der Waals surface area contributed by atoms with Gasteiger partial charge in [0.25, 0.3) is 0 Å². The van der Waals surface area contributed by atoms with Crippen LogP contribution in [0.1, 0.15) is 12.8 Å². The average Bonchev–Trinajstić information content (AvgIpc) is 3.10. The van der Waals surface area contributed by atoms with Crippen molar-refractivity contribution in [1.29, 1.82) is 0 Å². The molecule has 6 heteroatoms. The highest BCUT2D eigenvalue weighted by Gasteiger charge is 2.26. The Bertz CT molecular complexity index is 621. The van der Waals surface area contributed by atoms with Crippen LogP contribution in [0.15, 0.2) is 36.5 Å². The van der Waals surface area contributed by atoms with Crippen LogP contribution in [-0.2, 0) is 9.53 Å². The second kappa shape index (κ2) is 6.72. The highest BCUT2D eigenvalue weighted by molar-refractivity contribution is 5.95. The minimum Gasteiger partial charge on any atom is -0.381 e. The van der Waals surface area contributed by atoms with E-state index >= 15 is 0 Å². The summed E-state index contributed by atoms with van der Waals surface area (Å²) >= 11 is 0. The average molecular weight is 300 g/mol. The Kier molecular flexibility index (Phi) is 4.50. The summed E-state index contributed by atoms with van der Waals surface area (Å²) in [6, 6.07) is 9.00. The molecular weight excluding hydrogens is 280 g/mol. The van der Waals surface area contributed by atoms with E-state index in [1.165, 1.54) is 0 Å². The van der Waals surface area contributed by atoms with Gasteiger partial charge in [0.2, 0.25) is 5.91 Å². The second-order valence-electron chi connectivity index (χ2n) is 5.52. The van der Waals surface area contributed by atoms with Gasteiger partial charge in [0, 0.05) is 30.7 Å². The monoisotopic (exact) mass is 300 g/mol. The Labute approximate surface area is 129 Å². The van der Waals surface area contributed by atoms with Crippen molar-refractivity contribution < 1.29 is 9.53 Å². The van der Waals surface area contributed by atoms with E-state index in [1.807, 2.05) is 30.3 Å². The van der Waals surface area contributed by atoms with Crippen LogP contribution in [0.3, 0.4) is 0 Å². The molecule has 1 aliphatic rings. The van der Waals surface area contributed by atoms with Crippen molar-refractivity contribution in [1.82, 2.24) is 10.2 Å². The van der Waals surface area contributed by atoms with Crippen molar-refractivity contribution in [3.8, 4) is 11.3 Å². The van der Waals surface area contributed by atoms with Crippen molar-refractivity contribution in [3.05, 3.63) is 36.5 Å². The molecule has 0 aliphatic carbocycles. The minimum atomic E-state index is -0.500. The van der Waals surface area contributed by atoms with E-state index in [9.17, 15) is 4.79 Å². The van der Waals surface area contributed by atoms with E-state index in [-0.39, 0.29) is 11.8 Å². The third-order valence-corrected chi connectivity index (χ3v) is 4.02. The predicted octanol–water partition coefficient (Wildman–Crippen LogP) is 1.77. The molecule has 4 N–H and O–H groups in total. The molecular formula is C16H20N4O2. The fourth-order valence-corrected chi connectivity index (χ4v) is 2.70. The standard InChI is InChI=1S/C16H20N4O2/c17-15(11-5-8-22-9-6-11)16(21)19-13-3-1-2-12(10-13)14-4-7-18-20-14/h1-4,7,10-11,15H,5-6,8-9,17H2,(H,18,20)(H,19,21). The SMILES string of the molecule is NC(C(=O)Nc1cccc(-c2ccn[nH]2)c1)C1CCOCC1. The van der Waals surface area contributed by atoms with Gasteiger partial charge in [0.05, 0.1) is 11.7 Å². The summed E-state index contributed by atoms with van der Waals surface area (Å²) in [5, 5.41) is 9.74. The van der Waals surface area contributed by atoms with Gasteiger partial charge in [-0.2, -0.15) is 5.10 Å². The summed E-state index contributed by atoms with van der Waals surface area (Å²) in [6.45, 7) is 1.36. The molecule has 1 atom stereocenters. The number of carbonyl (C=O) groups excluding carboxylic acids is 1. The van der Waals surface area contributed by atoms with Crippen LogP contribution in [-0.4, -0.2) is 35.4 Å². The Balaban J connectivity index is 1.67. The molecule has 2 heterocycles. The van der Waals surface area contributed by atoms with E-state index in [0.29, 0.717) is 13.2 Å². The van der Waals surface area contributed by atoms with E-state index in [0.717, 1.165) is 29.8 Å². The molecule has 0 bridgehead atoms. The van der Waals surface area contributed by atoms with Gasteiger partial charge in [0.1, 0.15) is 0 Å². The van der Waals surface area contributed by atoms with Crippen LogP contribution in [0.4, 0.5) is 5.69 Å². The highest BCUT2D eigenvalue weighted by atomic mass is 16.5. The van der Waals surface area contributed by atoms with E-state index < -0.39 is 6.04 Å². The first-order valence-corrected chi connectivity index (χ1v) is 7.48. The van der Waals surface area contributed by atoms with Gasteiger partial charge in [-0.25, -0.2) is 0 Å². The van der Waals surface area contributed by atoms with Gasteiger partial charge in [0.15, 0.2) is 0 Å². The van der Waals surface area contributed by atoms with Crippen molar-refractivity contribution in [3.63, 3.8) is 0 Å². The number of ether oxygens (including phenoxy) is 1. The van der Waals surface area contributed by atoms with E-state index in [4.69, 9.17) is 10.5 Å². The molecule has 22 heavy (non-hydrogen) atoms. The molecule has 116 valence electrons. The largest absolute Gasteiger partial charge is 0.381 e. The predicted molar refractivity (Wildman–Crippen MR) is 84.2 cm³/mol. The Morgan fingerprint density at radius 1 is 1.36 bits per heavy atom. The molecule has 1 aromatic heterocycles. The third-order valence-electron chi connectivity index (χ3n) is 4.02. The summed E-state index contributed by atoms with van der Waals surface area (Å²) in [4.78, 5) is 12.3. The first-order valence-electron chi connectivity index (χ1n) is 7.48. The number of anilines is 1. The number of carbonyl (C=O) groups is 1. The lowest BCUT2D eigenvalue weighted by Gasteiger charge is -2.26. The van der Waals surface area contributed by atoms with Gasteiger partial charge in [-0.1, -0.05) is 12.1 Å². The van der Waals surface area contributed by atoms with Crippen molar-refractivity contribution >= 4 is 11.6 Å². The minimum absolute atomic E-state index is 0.145. The molecule has 2 aromatic rings. The summed E-state index contributed by atoms with van der Waals surface area (Å²) in [7, 11) is 0. The number of amides is 1. The fourth-order valence-electron chi connectivity index (χ4n) is 2.70. The lowest BCUT2D eigenvalue weighted by atomic mass is 9.92. The second-order valence-corrected chi connectivity index (χ2v) is 5.52. The van der Waals surface area contributed by atoms with E-state index in [1.54, 1.807) is 6.20 Å². The molecule has 1 fully saturated rings. The van der Waals surface area contributed by atoms with Crippen molar-refractivity contribution in [2.75, 3.05) is 18.5 Å². The number of aromatic amines is 1. The first kappa shape index (κ1) is 14.7. The molecule has 1 aromatic carbocycles. The molecule has 6 nitrogen and oxygen atoms in total. The fraction of sp³-hybridized carbons (Fsp3) is 0.375. The van der Waals surface area contributed by atoms with Gasteiger partial charge in [-0.15, -0.1) is 0 Å². The van der Waals surface area contributed by atoms with Crippen LogP contribution in [0.25, 0.3) is 11.3 Å². The number of rotatable bonds is 4. The van der Waals surface area contributed by atoms with E-state index in [2.05, 4.69) is 15.5 Å². The van der Waals surface area contributed by atoms with Crippen LogP contribution in [0.5, 0.6) is 0 Å². The number of H-pyrrole nitrogens is 1. The number of aromatic nitrogens is 2. The van der Waals surface area contributed by atoms with Gasteiger partial charge in [-0.05, 0) is 37.0 Å². The zero-order chi connectivity index (χ0) is 15.4. The summed E-state index contributed by atoms with van der Waals surface area (Å²) in [6.07, 6.45) is 3.37. The lowest BCUT2D eigenvalue weighted by Crippen LogP contribution is -2.44. The molecule has 1 saturated heterocycles. The number of hydrogen-bond acceptors (Lipinski definition) is 4. The first-order chi connectivity index (χ1) is 10.7. The van der Waals surface area contributed by atoms with Crippen LogP contribution in [0, 0.1) is 5.92 Å². The maximum absolute atomic E-state index is 12.3. The molecule has 0 radical (unpaired) electrons. The molecule has 1 aliphatic heterocycles. The van der Waals surface area contributed by atoms with Crippen molar-refractivity contribution in [2.45, 2.75) is 18.9 Å².